The molecule has 3 N–H and O–H groups in total. The second kappa shape index (κ2) is 30.3. The molecule has 2 atom stereocenters. The minimum Gasteiger partial charge on any atom is -0.387 e. The van der Waals surface area contributed by atoms with Crippen molar-refractivity contribution in [3.8, 4) is 0 Å². The van der Waals surface area contributed by atoms with E-state index < -0.39 is 28.0 Å². The van der Waals surface area contributed by atoms with Gasteiger partial charge in [0.15, 0.2) is 0 Å². The molecule has 0 saturated heterocycles. The fraction of sp³-hybridized carbons (Fsp3) is 0.541. The Balaban J connectivity index is 4.25. The largest absolute Gasteiger partial charge is 0.387 e. The highest BCUT2D eigenvalue weighted by Crippen LogP contribution is 2.06. The quantitative estimate of drug-likeness (QED) is 0.0478. The van der Waals surface area contributed by atoms with E-state index in [1.165, 1.54) is 31.8 Å². The van der Waals surface area contributed by atoms with Crippen LogP contribution >= 0.6 is 0 Å². The van der Waals surface area contributed by atoms with Crippen LogP contribution in [0.15, 0.2) is 97.2 Å². The van der Waals surface area contributed by atoms with Gasteiger partial charge >= 0.3 is 0 Å². The Bertz CT molecular complexity index is 1050. The number of aliphatic hydroxyl groups is 1. The van der Waals surface area contributed by atoms with Crippen LogP contribution < -0.4 is 5.32 Å². The van der Waals surface area contributed by atoms with Crippen molar-refractivity contribution in [3.05, 3.63) is 97.2 Å². The number of allylic oxidation sites excluding steroid dienone is 15. The highest BCUT2D eigenvalue weighted by molar-refractivity contribution is 7.85. The second-order valence-electron chi connectivity index (χ2n) is 10.7. The van der Waals surface area contributed by atoms with Gasteiger partial charge in [0.25, 0.3) is 10.1 Å². The Morgan fingerprint density at radius 1 is 0.636 bits per heavy atom. The Morgan fingerprint density at radius 2 is 1.11 bits per heavy atom. The van der Waals surface area contributed by atoms with E-state index in [9.17, 15) is 22.9 Å². The van der Waals surface area contributed by atoms with Crippen LogP contribution in [0.1, 0.15) is 110 Å². The summed E-state index contributed by atoms with van der Waals surface area (Å²) in [4.78, 5) is 12.4. The Hall–Kier alpha value is -2.74. The number of aliphatic hydroxyl groups excluding tert-OH is 1. The summed E-state index contributed by atoms with van der Waals surface area (Å²) in [5.41, 5.74) is 0. The first-order valence-corrected chi connectivity index (χ1v) is 18.0. The number of nitrogens with one attached hydrogen (secondary N) is 1. The number of hydrogen-bond donors (Lipinski definition) is 3. The van der Waals surface area contributed by atoms with Gasteiger partial charge < -0.3 is 10.4 Å². The predicted molar refractivity (Wildman–Crippen MR) is 188 cm³/mol. The summed E-state index contributed by atoms with van der Waals surface area (Å²) in [6.45, 7) is 4.33. The molecule has 0 heterocycles. The summed E-state index contributed by atoms with van der Waals surface area (Å²) in [6.07, 6.45) is 45.5. The van der Waals surface area contributed by atoms with Crippen LogP contribution in [-0.2, 0) is 14.9 Å². The molecule has 0 aromatic heterocycles. The molecule has 6 nitrogen and oxygen atoms in total. The molecule has 0 radical (unpaired) electrons. The first kappa shape index (κ1) is 41.3. The number of rotatable bonds is 27. The van der Waals surface area contributed by atoms with Gasteiger partial charge in [0, 0.05) is 6.42 Å². The van der Waals surface area contributed by atoms with Crippen molar-refractivity contribution in [1.29, 1.82) is 0 Å². The van der Waals surface area contributed by atoms with Gasteiger partial charge in [0.05, 0.1) is 17.9 Å². The van der Waals surface area contributed by atoms with Crippen molar-refractivity contribution in [2.75, 3.05) is 5.75 Å². The fourth-order valence-corrected chi connectivity index (χ4v) is 4.81. The number of carbonyl (C=O) groups excluding carboxylic acids is 1. The lowest BCUT2D eigenvalue weighted by molar-refractivity contribution is -0.122. The molecule has 248 valence electrons. The predicted octanol–water partition coefficient (Wildman–Crippen LogP) is 9.06. The van der Waals surface area contributed by atoms with Crippen LogP contribution in [0.25, 0.3) is 0 Å². The Labute approximate surface area is 268 Å². The molecule has 0 bridgehead atoms. The minimum absolute atomic E-state index is 0.156. The zero-order valence-electron chi connectivity index (χ0n) is 27.2. The maximum Gasteiger partial charge on any atom is 0.267 e. The molecule has 7 heteroatoms. The van der Waals surface area contributed by atoms with E-state index in [1.54, 1.807) is 6.08 Å². The molecule has 44 heavy (non-hydrogen) atoms. The van der Waals surface area contributed by atoms with Crippen LogP contribution in [0.2, 0.25) is 0 Å². The number of unbranched alkanes of at least 4 members (excludes halogenated alkanes) is 5. The average molecular weight is 630 g/mol. The highest BCUT2D eigenvalue weighted by Gasteiger charge is 2.24. The van der Waals surface area contributed by atoms with Crippen LogP contribution in [0, 0.1) is 0 Å². The van der Waals surface area contributed by atoms with E-state index in [2.05, 4.69) is 92.1 Å². The average Bonchev–Trinajstić information content (AvgIpc) is 2.98. The van der Waals surface area contributed by atoms with Crippen molar-refractivity contribution < 1.29 is 22.9 Å². The number of carbonyl (C=O) groups is 1. The van der Waals surface area contributed by atoms with Crippen LogP contribution in [0.3, 0.4) is 0 Å². The lowest BCUT2D eigenvalue weighted by Crippen LogP contribution is -2.46. The standard InChI is InChI=1S/C37H59NO5S/c1-3-5-7-9-11-13-15-16-17-18-19-20-21-22-23-25-27-29-31-33-37(40)38-35(34-44(41,42)43)36(39)32-30-28-26-24-14-12-10-8-6-4-2/h5,7,11,13-14,16-17,19-20,22-24,27,29-30,32,35-36,39H,3-4,6,8-10,12,15,18,21,25-26,28,31,33-34H2,1-2H3,(H,38,40)(H,41,42,43)/b7-5-,13-11-,17-16-,20-19-,23-22-,24-14+,29-27-,32-30+. The van der Waals surface area contributed by atoms with Crippen LogP contribution in [0.4, 0.5) is 0 Å². The molecule has 0 aromatic rings. The molecule has 0 aliphatic carbocycles. The maximum atomic E-state index is 12.4. The van der Waals surface area contributed by atoms with Gasteiger partial charge in [-0.15, -0.1) is 0 Å². The van der Waals surface area contributed by atoms with Gasteiger partial charge in [-0.3, -0.25) is 9.35 Å². The summed E-state index contributed by atoms with van der Waals surface area (Å²) in [5.74, 6) is -1.13. The molecular formula is C37H59NO5S. The maximum absolute atomic E-state index is 12.4. The smallest absolute Gasteiger partial charge is 0.267 e. The van der Waals surface area contributed by atoms with E-state index in [4.69, 9.17) is 0 Å². The van der Waals surface area contributed by atoms with Crippen molar-refractivity contribution in [2.24, 2.45) is 0 Å². The van der Waals surface area contributed by atoms with Crippen molar-refractivity contribution in [3.63, 3.8) is 0 Å². The van der Waals surface area contributed by atoms with Gasteiger partial charge in [-0.1, -0.05) is 130 Å². The van der Waals surface area contributed by atoms with E-state index in [1.807, 2.05) is 12.2 Å². The van der Waals surface area contributed by atoms with Gasteiger partial charge in [0.2, 0.25) is 5.91 Å². The molecule has 2 unspecified atom stereocenters. The normalized spacial score (nSPS) is 14.7. The molecular weight excluding hydrogens is 570 g/mol. The summed E-state index contributed by atoms with van der Waals surface area (Å²) < 4.78 is 32.2. The third-order valence-corrected chi connectivity index (χ3v) is 7.29. The van der Waals surface area contributed by atoms with E-state index >= 15 is 0 Å². The molecule has 0 aliphatic heterocycles. The van der Waals surface area contributed by atoms with Crippen molar-refractivity contribution in [1.82, 2.24) is 5.32 Å². The van der Waals surface area contributed by atoms with Crippen molar-refractivity contribution >= 4 is 16.0 Å². The van der Waals surface area contributed by atoms with E-state index in [0.29, 0.717) is 12.8 Å². The molecule has 0 aliphatic rings. The zero-order valence-corrected chi connectivity index (χ0v) is 28.0. The molecule has 0 saturated carbocycles. The van der Waals surface area contributed by atoms with Gasteiger partial charge in [0.1, 0.15) is 0 Å². The summed E-state index contributed by atoms with van der Waals surface area (Å²) in [6, 6.07) is -1.12. The third kappa shape index (κ3) is 30.7. The first-order chi connectivity index (χ1) is 21.3. The molecule has 0 spiro atoms. The molecule has 1 amide bonds. The van der Waals surface area contributed by atoms with E-state index in [-0.39, 0.29) is 12.3 Å². The third-order valence-electron chi connectivity index (χ3n) is 6.51. The monoisotopic (exact) mass is 629 g/mol. The summed E-state index contributed by atoms with van der Waals surface area (Å²) in [5, 5.41) is 13.0. The molecule has 0 fully saturated rings. The lowest BCUT2D eigenvalue weighted by atomic mass is 10.1. The van der Waals surface area contributed by atoms with Crippen LogP contribution in [0.5, 0.6) is 0 Å². The summed E-state index contributed by atoms with van der Waals surface area (Å²) >= 11 is 0. The fourth-order valence-electron chi connectivity index (χ4n) is 4.07. The molecule has 0 rings (SSSR count). The van der Waals surface area contributed by atoms with Crippen molar-refractivity contribution in [2.45, 2.75) is 122 Å². The summed E-state index contributed by atoms with van der Waals surface area (Å²) in [7, 11) is -4.37. The van der Waals surface area contributed by atoms with Gasteiger partial charge in [-0.25, -0.2) is 0 Å². The number of hydrogen-bond acceptors (Lipinski definition) is 4. The minimum atomic E-state index is -4.37. The number of amides is 1. The Kier molecular flexibility index (Phi) is 28.4. The first-order valence-electron chi connectivity index (χ1n) is 16.4. The second-order valence-corrected chi connectivity index (χ2v) is 12.2. The van der Waals surface area contributed by atoms with Crippen LogP contribution in [-0.4, -0.2) is 41.9 Å². The van der Waals surface area contributed by atoms with Gasteiger partial charge in [-0.2, -0.15) is 8.42 Å². The zero-order chi connectivity index (χ0) is 32.6. The lowest BCUT2D eigenvalue weighted by Gasteiger charge is -2.20. The highest BCUT2D eigenvalue weighted by atomic mass is 32.2. The SMILES string of the molecule is CC/C=C\C/C=C\C/C=C\C/C=C\C/C=C\C/C=C\CCC(=O)NC(CS(=O)(=O)O)C(O)/C=C/CC/C=C/CCCCCC. The van der Waals surface area contributed by atoms with E-state index in [0.717, 1.165) is 51.4 Å². The Morgan fingerprint density at radius 3 is 1.64 bits per heavy atom. The van der Waals surface area contributed by atoms with Gasteiger partial charge in [-0.05, 0) is 70.6 Å². The topological polar surface area (TPSA) is 104 Å². The molecule has 0 aromatic carbocycles.